The molecule has 6 heteroatoms. The number of carbonyl (C=O) groups is 1. The second-order valence-electron chi connectivity index (χ2n) is 8.02. The largest absolute Gasteiger partial charge is 0.340 e. The van der Waals surface area contributed by atoms with E-state index in [1.807, 2.05) is 25.7 Å². The Morgan fingerprint density at radius 2 is 1.91 bits per heavy atom. The molecule has 0 aliphatic carbocycles. The van der Waals surface area contributed by atoms with Crippen LogP contribution in [0.25, 0.3) is 0 Å². The van der Waals surface area contributed by atoms with Crippen LogP contribution >= 0.6 is 0 Å². The number of amides is 1. The number of likely N-dealkylation sites (tertiary alicyclic amines) is 1. The lowest BCUT2D eigenvalue weighted by Gasteiger charge is -2.30. The van der Waals surface area contributed by atoms with Gasteiger partial charge in [-0.05, 0) is 26.4 Å². The lowest BCUT2D eigenvalue weighted by atomic mass is 9.94. The van der Waals surface area contributed by atoms with E-state index in [9.17, 15) is 4.79 Å². The van der Waals surface area contributed by atoms with Crippen LogP contribution in [0.15, 0.2) is 0 Å². The Labute approximate surface area is 138 Å². The van der Waals surface area contributed by atoms with E-state index >= 15 is 0 Å². The molecule has 1 atom stereocenters. The Hall–Kier alpha value is -1.43. The Morgan fingerprint density at radius 1 is 1.13 bits per heavy atom. The van der Waals surface area contributed by atoms with Crippen molar-refractivity contribution in [1.29, 1.82) is 0 Å². The van der Waals surface area contributed by atoms with Gasteiger partial charge in [0.2, 0.25) is 5.91 Å². The lowest BCUT2D eigenvalue weighted by Crippen LogP contribution is -2.41. The average molecular weight is 319 g/mol. The van der Waals surface area contributed by atoms with Gasteiger partial charge in [0, 0.05) is 43.9 Å². The predicted octanol–water partition coefficient (Wildman–Crippen LogP) is 1.52. The molecular formula is C17H29N5O. The van der Waals surface area contributed by atoms with Crippen molar-refractivity contribution in [3.63, 3.8) is 0 Å². The van der Waals surface area contributed by atoms with E-state index in [-0.39, 0.29) is 11.3 Å². The summed E-state index contributed by atoms with van der Waals surface area (Å²) in [5, 5.41) is 8.93. The molecule has 0 radical (unpaired) electrons. The van der Waals surface area contributed by atoms with Crippen LogP contribution in [0.4, 0.5) is 0 Å². The molecule has 0 N–H and O–H groups in total. The van der Waals surface area contributed by atoms with Crippen LogP contribution in [-0.2, 0) is 17.8 Å². The van der Waals surface area contributed by atoms with Crippen LogP contribution in [0.5, 0.6) is 0 Å². The number of hydrogen-bond acceptors (Lipinski definition) is 4. The van der Waals surface area contributed by atoms with Crippen LogP contribution in [0.1, 0.15) is 51.2 Å². The van der Waals surface area contributed by atoms with Gasteiger partial charge in [-0.3, -0.25) is 4.79 Å². The molecule has 6 nitrogen and oxygen atoms in total. The maximum Gasteiger partial charge on any atom is 0.228 e. The second-order valence-corrected chi connectivity index (χ2v) is 8.02. The Morgan fingerprint density at radius 3 is 2.61 bits per heavy atom. The molecule has 1 saturated heterocycles. The molecule has 23 heavy (non-hydrogen) atoms. The standard InChI is InChI=1S/C17H29N5O/c1-17(2,3)16(23)21-9-7-14-18-19-15(22(14)11-10-21)13-6-5-8-20(4)12-13/h13H,5-12H2,1-4H3. The number of rotatable bonds is 1. The van der Waals surface area contributed by atoms with Gasteiger partial charge in [-0.2, -0.15) is 0 Å². The Kier molecular flexibility index (Phi) is 4.45. The molecule has 1 unspecified atom stereocenters. The minimum absolute atomic E-state index is 0.232. The Balaban J connectivity index is 1.75. The van der Waals surface area contributed by atoms with Crippen molar-refractivity contribution in [2.24, 2.45) is 5.41 Å². The van der Waals surface area contributed by atoms with Crippen LogP contribution in [0.3, 0.4) is 0 Å². The quantitative estimate of drug-likeness (QED) is 0.787. The van der Waals surface area contributed by atoms with Crippen LogP contribution in [-0.4, -0.2) is 63.7 Å². The third kappa shape index (κ3) is 3.42. The maximum atomic E-state index is 12.5. The highest BCUT2D eigenvalue weighted by atomic mass is 16.2. The molecule has 0 bridgehead atoms. The zero-order valence-electron chi connectivity index (χ0n) is 14.9. The van der Waals surface area contributed by atoms with E-state index in [4.69, 9.17) is 0 Å². The van der Waals surface area contributed by atoms with E-state index < -0.39 is 0 Å². The Bertz CT molecular complexity index is 574. The number of hydrogen-bond donors (Lipinski definition) is 0. The first-order valence-electron chi connectivity index (χ1n) is 8.76. The first-order chi connectivity index (χ1) is 10.9. The summed E-state index contributed by atoms with van der Waals surface area (Å²) in [6, 6.07) is 0. The van der Waals surface area contributed by atoms with E-state index in [2.05, 4.69) is 26.7 Å². The number of likely N-dealkylation sites (N-methyl/N-ethyl adjacent to an activating group) is 1. The molecule has 3 rings (SSSR count). The highest BCUT2D eigenvalue weighted by molar-refractivity contribution is 5.81. The normalized spacial score (nSPS) is 23.5. The summed E-state index contributed by atoms with van der Waals surface area (Å²) in [5.74, 6) is 2.86. The topological polar surface area (TPSA) is 54.3 Å². The molecule has 1 aromatic rings. The lowest BCUT2D eigenvalue weighted by molar-refractivity contribution is -0.139. The third-order valence-electron chi connectivity index (χ3n) is 4.97. The van der Waals surface area contributed by atoms with Crippen LogP contribution < -0.4 is 0 Å². The zero-order chi connectivity index (χ0) is 16.6. The fourth-order valence-electron chi connectivity index (χ4n) is 3.70. The molecule has 2 aliphatic rings. The molecule has 1 amide bonds. The molecule has 0 saturated carbocycles. The van der Waals surface area contributed by atoms with Crippen molar-refractivity contribution >= 4 is 5.91 Å². The molecule has 0 spiro atoms. The summed E-state index contributed by atoms with van der Waals surface area (Å²) >= 11 is 0. The minimum Gasteiger partial charge on any atom is -0.340 e. The smallest absolute Gasteiger partial charge is 0.228 e. The fraction of sp³-hybridized carbons (Fsp3) is 0.824. The molecule has 3 heterocycles. The summed E-state index contributed by atoms with van der Waals surface area (Å²) in [6.45, 7) is 10.5. The van der Waals surface area contributed by atoms with Crippen molar-refractivity contribution in [3.05, 3.63) is 11.6 Å². The van der Waals surface area contributed by atoms with Gasteiger partial charge in [-0.25, -0.2) is 0 Å². The highest BCUT2D eigenvalue weighted by Crippen LogP contribution is 2.27. The predicted molar refractivity (Wildman–Crippen MR) is 89.2 cm³/mol. The monoisotopic (exact) mass is 319 g/mol. The van der Waals surface area contributed by atoms with Gasteiger partial charge in [0.25, 0.3) is 0 Å². The molecular weight excluding hydrogens is 290 g/mol. The minimum atomic E-state index is -0.320. The summed E-state index contributed by atoms with van der Waals surface area (Å²) in [5.41, 5.74) is -0.320. The van der Waals surface area contributed by atoms with E-state index in [0.717, 1.165) is 44.2 Å². The number of nitrogens with zero attached hydrogens (tertiary/aromatic N) is 5. The molecule has 128 valence electrons. The number of piperidine rings is 1. The summed E-state index contributed by atoms with van der Waals surface area (Å²) in [7, 11) is 2.18. The summed E-state index contributed by atoms with van der Waals surface area (Å²) in [4.78, 5) is 16.9. The van der Waals surface area contributed by atoms with E-state index in [0.29, 0.717) is 5.92 Å². The highest BCUT2D eigenvalue weighted by Gasteiger charge is 2.31. The molecule has 2 aliphatic heterocycles. The van der Waals surface area contributed by atoms with Crippen molar-refractivity contribution in [1.82, 2.24) is 24.6 Å². The van der Waals surface area contributed by atoms with Gasteiger partial charge in [0.1, 0.15) is 11.6 Å². The van der Waals surface area contributed by atoms with Crippen LogP contribution in [0, 0.1) is 5.41 Å². The van der Waals surface area contributed by atoms with Crippen molar-refractivity contribution < 1.29 is 4.79 Å². The number of aromatic nitrogens is 3. The average Bonchev–Trinajstić information content (AvgIpc) is 2.78. The van der Waals surface area contributed by atoms with Crippen molar-refractivity contribution in [2.45, 2.75) is 52.5 Å². The SMILES string of the molecule is CN1CCCC(c2nnc3n2CCN(C(=O)C(C)(C)C)CC3)C1. The van der Waals surface area contributed by atoms with Gasteiger partial charge in [-0.1, -0.05) is 20.8 Å². The fourth-order valence-corrected chi connectivity index (χ4v) is 3.70. The van der Waals surface area contributed by atoms with Crippen molar-refractivity contribution in [3.8, 4) is 0 Å². The first-order valence-corrected chi connectivity index (χ1v) is 8.76. The molecule has 1 aromatic heterocycles. The summed E-state index contributed by atoms with van der Waals surface area (Å²) < 4.78 is 2.28. The van der Waals surface area contributed by atoms with Gasteiger partial charge in [-0.15, -0.1) is 10.2 Å². The van der Waals surface area contributed by atoms with Gasteiger partial charge in [0.15, 0.2) is 0 Å². The van der Waals surface area contributed by atoms with Gasteiger partial charge < -0.3 is 14.4 Å². The van der Waals surface area contributed by atoms with Crippen LogP contribution in [0.2, 0.25) is 0 Å². The zero-order valence-corrected chi connectivity index (χ0v) is 14.9. The van der Waals surface area contributed by atoms with Gasteiger partial charge in [0.05, 0.1) is 0 Å². The third-order valence-corrected chi connectivity index (χ3v) is 4.97. The van der Waals surface area contributed by atoms with Crippen molar-refractivity contribution in [2.75, 3.05) is 33.2 Å². The summed E-state index contributed by atoms with van der Waals surface area (Å²) in [6.07, 6.45) is 3.21. The first kappa shape index (κ1) is 16.4. The number of fused-ring (bicyclic) bond motifs is 1. The number of carbonyl (C=O) groups excluding carboxylic acids is 1. The van der Waals surface area contributed by atoms with E-state index in [1.54, 1.807) is 0 Å². The molecule has 0 aromatic carbocycles. The van der Waals surface area contributed by atoms with E-state index in [1.165, 1.54) is 19.4 Å². The molecule has 1 fully saturated rings. The second kappa shape index (κ2) is 6.23. The van der Waals surface area contributed by atoms with Gasteiger partial charge >= 0.3 is 0 Å². The maximum absolute atomic E-state index is 12.5.